The molecule has 2 heterocycles. The van der Waals surface area contributed by atoms with E-state index in [1.165, 1.54) is 6.39 Å². The Morgan fingerprint density at radius 3 is 2.82 bits per heavy atom. The van der Waals surface area contributed by atoms with E-state index in [0.717, 1.165) is 12.8 Å². The summed E-state index contributed by atoms with van der Waals surface area (Å²) in [7, 11) is 0. The van der Waals surface area contributed by atoms with Crippen molar-refractivity contribution in [2.24, 2.45) is 0 Å². The minimum atomic E-state index is -4.67. The van der Waals surface area contributed by atoms with Gasteiger partial charge in [0.05, 0.1) is 0 Å². The Morgan fingerprint density at radius 2 is 2.18 bits per heavy atom. The number of rotatable bonds is 5. The zero-order chi connectivity index (χ0) is 15.7. The van der Waals surface area contributed by atoms with Crippen LogP contribution in [0.1, 0.15) is 46.7 Å². The summed E-state index contributed by atoms with van der Waals surface area (Å²) in [5, 5.41) is 5.75. The molecule has 10 heteroatoms. The van der Waals surface area contributed by atoms with Crippen LogP contribution in [-0.4, -0.2) is 27.6 Å². The third-order valence-corrected chi connectivity index (χ3v) is 3.10. The number of hydrogen-bond acceptors (Lipinski definition) is 6. The number of aromatic nitrogens is 3. The van der Waals surface area contributed by atoms with Gasteiger partial charge in [0.1, 0.15) is 5.76 Å². The van der Waals surface area contributed by atoms with Gasteiger partial charge in [0.2, 0.25) is 0 Å². The second-order valence-corrected chi connectivity index (χ2v) is 4.86. The Morgan fingerprint density at radius 1 is 1.41 bits per heavy atom. The summed E-state index contributed by atoms with van der Waals surface area (Å²) in [6, 6.07) is 0. The standard InChI is InChI=1S/C12H11F3N4O3/c13-12(14,15)11-18-7(19-22-11)3-4-16-10(20)8-9(6-1-2-6)21-5-17-8/h5-6H,1-4H2,(H,16,20). The quantitative estimate of drug-likeness (QED) is 0.905. The molecule has 0 unspecified atom stereocenters. The molecule has 0 atom stereocenters. The topological polar surface area (TPSA) is 94.1 Å². The highest BCUT2D eigenvalue weighted by Gasteiger charge is 2.38. The number of halogens is 3. The number of carbonyl (C=O) groups excluding carboxylic acids is 1. The van der Waals surface area contributed by atoms with Gasteiger partial charge >= 0.3 is 12.1 Å². The zero-order valence-electron chi connectivity index (χ0n) is 11.2. The van der Waals surface area contributed by atoms with E-state index < -0.39 is 18.0 Å². The second kappa shape index (κ2) is 5.43. The van der Waals surface area contributed by atoms with Gasteiger partial charge in [-0.3, -0.25) is 4.79 Å². The van der Waals surface area contributed by atoms with Crippen molar-refractivity contribution in [3.63, 3.8) is 0 Å². The van der Waals surface area contributed by atoms with Crippen LogP contribution in [0, 0.1) is 0 Å². The normalized spacial score (nSPS) is 15.0. The third kappa shape index (κ3) is 3.10. The number of amides is 1. The van der Waals surface area contributed by atoms with Crippen molar-refractivity contribution >= 4 is 5.91 Å². The van der Waals surface area contributed by atoms with Gasteiger partial charge in [-0.15, -0.1) is 0 Å². The minimum Gasteiger partial charge on any atom is -0.447 e. The molecule has 1 fully saturated rings. The van der Waals surface area contributed by atoms with Crippen LogP contribution in [0.3, 0.4) is 0 Å². The van der Waals surface area contributed by atoms with Gasteiger partial charge in [-0.25, -0.2) is 4.98 Å². The predicted octanol–water partition coefficient (Wildman–Crippen LogP) is 1.93. The lowest BCUT2D eigenvalue weighted by Crippen LogP contribution is -2.27. The summed E-state index contributed by atoms with van der Waals surface area (Å²) in [6.45, 7) is 0.0621. The highest BCUT2D eigenvalue weighted by molar-refractivity contribution is 5.93. The van der Waals surface area contributed by atoms with Crippen LogP contribution in [0.4, 0.5) is 13.2 Å². The van der Waals surface area contributed by atoms with Crippen LogP contribution in [-0.2, 0) is 12.6 Å². The van der Waals surface area contributed by atoms with Crippen LogP contribution in [0.5, 0.6) is 0 Å². The lowest BCUT2D eigenvalue weighted by atomic mass is 10.2. The molecule has 0 aromatic carbocycles. The van der Waals surface area contributed by atoms with Gasteiger partial charge < -0.3 is 14.3 Å². The maximum Gasteiger partial charge on any atom is 0.471 e. The number of alkyl halides is 3. The molecule has 0 bridgehead atoms. The summed E-state index contributed by atoms with van der Waals surface area (Å²) in [5.41, 5.74) is 0.214. The van der Waals surface area contributed by atoms with Crippen molar-refractivity contribution in [1.82, 2.24) is 20.4 Å². The van der Waals surface area contributed by atoms with Crippen molar-refractivity contribution in [2.75, 3.05) is 6.54 Å². The van der Waals surface area contributed by atoms with E-state index in [2.05, 4.69) is 25.0 Å². The minimum absolute atomic E-state index is 0.0158. The molecule has 0 aliphatic heterocycles. The third-order valence-electron chi connectivity index (χ3n) is 3.10. The monoisotopic (exact) mass is 316 g/mol. The summed E-state index contributed by atoms with van der Waals surface area (Å²) in [4.78, 5) is 19.0. The van der Waals surface area contributed by atoms with Crippen LogP contribution >= 0.6 is 0 Å². The molecule has 1 amide bonds. The first-order valence-corrected chi connectivity index (χ1v) is 6.56. The molecule has 22 heavy (non-hydrogen) atoms. The van der Waals surface area contributed by atoms with E-state index in [4.69, 9.17) is 4.42 Å². The molecule has 3 rings (SSSR count). The van der Waals surface area contributed by atoms with Gasteiger partial charge in [0, 0.05) is 18.9 Å². The SMILES string of the molecule is O=C(NCCc1noc(C(F)(F)F)n1)c1ncoc1C1CC1. The second-order valence-electron chi connectivity index (χ2n) is 4.86. The Hall–Kier alpha value is -2.39. The Labute approximate surface area is 121 Å². The van der Waals surface area contributed by atoms with Crippen molar-refractivity contribution in [1.29, 1.82) is 0 Å². The fourth-order valence-corrected chi connectivity index (χ4v) is 1.90. The largest absolute Gasteiger partial charge is 0.471 e. The summed E-state index contributed by atoms with van der Waals surface area (Å²) in [6.07, 6.45) is -1.54. The average Bonchev–Trinajstić information content (AvgIpc) is 3.00. The molecule has 0 radical (unpaired) electrons. The number of carbonyl (C=O) groups is 1. The van der Waals surface area contributed by atoms with Gasteiger partial charge in [-0.2, -0.15) is 18.2 Å². The lowest BCUT2D eigenvalue weighted by molar-refractivity contribution is -0.159. The van der Waals surface area contributed by atoms with Gasteiger partial charge in [-0.1, -0.05) is 5.16 Å². The maximum absolute atomic E-state index is 12.3. The molecule has 7 nitrogen and oxygen atoms in total. The number of oxazole rings is 1. The fraction of sp³-hybridized carbons (Fsp3) is 0.500. The summed E-state index contributed by atoms with van der Waals surface area (Å²) < 4.78 is 46.1. The Balaban J connectivity index is 1.53. The van der Waals surface area contributed by atoms with Crippen molar-refractivity contribution in [3.05, 3.63) is 29.6 Å². The fourth-order valence-electron chi connectivity index (χ4n) is 1.90. The highest BCUT2D eigenvalue weighted by atomic mass is 19.4. The first kappa shape index (κ1) is 14.5. The van der Waals surface area contributed by atoms with Crippen LogP contribution in [0.25, 0.3) is 0 Å². The molecule has 1 saturated carbocycles. The first-order valence-electron chi connectivity index (χ1n) is 6.56. The van der Waals surface area contributed by atoms with E-state index in [1.807, 2.05) is 0 Å². The van der Waals surface area contributed by atoms with Crippen molar-refractivity contribution in [2.45, 2.75) is 31.4 Å². The summed E-state index contributed by atoms with van der Waals surface area (Å²) in [5.74, 6) is -1.18. The first-order chi connectivity index (χ1) is 10.4. The van der Waals surface area contributed by atoms with Gasteiger partial charge in [0.25, 0.3) is 5.91 Å². The predicted molar refractivity (Wildman–Crippen MR) is 63.8 cm³/mol. The molecule has 0 saturated heterocycles. The van der Waals surface area contributed by atoms with E-state index in [1.54, 1.807) is 0 Å². The molecule has 1 aliphatic rings. The zero-order valence-corrected chi connectivity index (χ0v) is 11.2. The number of nitrogens with zero attached hydrogens (tertiary/aromatic N) is 3. The van der Waals surface area contributed by atoms with Crippen LogP contribution in [0.15, 0.2) is 15.3 Å². The number of hydrogen-bond donors (Lipinski definition) is 1. The van der Waals surface area contributed by atoms with Gasteiger partial charge in [-0.05, 0) is 12.8 Å². The van der Waals surface area contributed by atoms with E-state index >= 15 is 0 Å². The molecular weight excluding hydrogens is 305 g/mol. The van der Waals surface area contributed by atoms with Crippen molar-refractivity contribution < 1.29 is 26.9 Å². The maximum atomic E-state index is 12.3. The Kier molecular flexibility index (Phi) is 3.59. The van der Waals surface area contributed by atoms with Crippen LogP contribution < -0.4 is 5.32 Å². The molecular formula is C12H11F3N4O3. The lowest BCUT2D eigenvalue weighted by Gasteiger charge is -2.02. The average molecular weight is 316 g/mol. The van der Waals surface area contributed by atoms with Crippen molar-refractivity contribution in [3.8, 4) is 0 Å². The molecule has 0 spiro atoms. The number of nitrogens with one attached hydrogen (secondary N) is 1. The van der Waals surface area contributed by atoms with E-state index in [-0.39, 0.29) is 30.4 Å². The molecule has 2 aromatic rings. The molecule has 1 aliphatic carbocycles. The smallest absolute Gasteiger partial charge is 0.447 e. The van der Waals surface area contributed by atoms with Gasteiger partial charge in [0.15, 0.2) is 17.9 Å². The molecule has 2 aromatic heterocycles. The van der Waals surface area contributed by atoms with Crippen LogP contribution in [0.2, 0.25) is 0 Å². The molecule has 1 N–H and O–H groups in total. The van der Waals surface area contributed by atoms with E-state index in [9.17, 15) is 18.0 Å². The Bertz CT molecular complexity index is 675. The summed E-state index contributed by atoms with van der Waals surface area (Å²) >= 11 is 0. The van der Waals surface area contributed by atoms with E-state index in [0.29, 0.717) is 5.76 Å². The molecule has 118 valence electrons. The highest BCUT2D eigenvalue weighted by Crippen LogP contribution is 2.41.